The van der Waals surface area contributed by atoms with E-state index in [4.69, 9.17) is 11.6 Å². The lowest BCUT2D eigenvalue weighted by atomic mass is 10.1. The molecule has 0 aliphatic carbocycles. The summed E-state index contributed by atoms with van der Waals surface area (Å²) in [6.07, 6.45) is 11.2. The zero-order valence-corrected chi connectivity index (χ0v) is 24.3. The number of allylic oxidation sites excluding steroid dienone is 1. The maximum atomic E-state index is 15.3. The van der Waals surface area contributed by atoms with E-state index in [0.717, 1.165) is 0 Å². The molecule has 0 saturated heterocycles. The molecule has 0 spiro atoms. The summed E-state index contributed by atoms with van der Waals surface area (Å²) in [4.78, 5) is 20.3. The van der Waals surface area contributed by atoms with Crippen LogP contribution >= 0.6 is 30.1 Å². The number of carbonyl (C=O) groups excluding carboxylic acids is 1. The minimum atomic E-state index is -2.02. The van der Waals surface area contributed by atoms with Crippen LogP contribution in [0, 0.1) is 0 Å². The van der Waals surface area contributed by atoms with E-state index in [1.165, 1.54) is 40.3 Å². The highest BCUT2D eigenvalue weighted by atomic mass is 35.5. The summed E-state index contributed by atoms with van der Waals surface area (Å²) < 4.78 is 16.7. The lowest BCUT2D eigenvalue weighted by Crippen LogP contribution is -2.32. The lowest BCUT2D eigenvalue weighted by molar-refractivity contribution is 0.102. The van der Waals surface area contributed by atoms with E-state index in [2.05, 4.69) is 57.2 Å². The predicted molar refractivity (Wildman–Crippen MR) is 153 cm³/mol. The minimum Gasteiger partial charge on any atom is -0.326 e. The van der Waals surface area contributed by atoms with Gasteiger partial charge in [0.1, 0.15) is 6.17 Å². The Morgan fingerprint density at radius 2 is 1.86 bits per heavy atom. The number of aromatic nitrogens is 6. The van der Waals surface area contributed by atoms with Crippen LogP contribution in [0.25, 0.3) is 5.82 Å². The highest BCUT2D eigenvalue weighted by Crippen LogP contribution is 2.44. The van der Waals surface area contributed by atoms with E-state index in [0.29, 0.717) is 23.6 Å². The second kappa shape index (κ2) is 13.6. The number of nitrogens with zero attached hydrogens (tertiary/aromatic N) is 7. The van der Waals surface area contributed by atoms with Crippen LogP contribution in [-0.2, 0) is 5.15 Å². The molecule has 1 aliphatic heterocycles. The molecule has 1 N–H and O–H groups in total. The highest BCUT2D eigenvalue weighted by molar-refractivity contribution is 7.38. The summed E-state index contributed by atoms with van der Waals surface area (Å²) in [5.41, 5.74) is 1.11. The van der Waals surface area contributed by atoms with Crippen molar-refractivity contribution in [2.24, 2.45) is 0 Å². The third kappa shape index (κ3) is 6.89. The van der Waals surface area contributed by atoms with Crippen LogP contribution in [0.5, 0.6) is 0 Å². The standard InChI is InChI=1S/C20H20ClFN8OP2.2C2H6/c1-3-28-12(2)5-4-6-16(28)29-17(20(22,32)33)14(11-26-29)19(31)27-13-9-15(21)18(23-10-13)30-24-7-8-25-30;2*1-2/h3-5,7-11,16H,1-2,6,32-33H2,(H,27,31);2*1-2H3. The van der Waals surface area contributed by atoms with E-state index in [9.17, 15) is 4.79 Å². The Labute approximate surface area is 226 Å². The molecule has 3 unspecified atom stereocenters. The number of anilines is 1. The van der Waals surface area contributed by atoms with E-state index in [-0.39, 0.29) is 16.3 Å². The maximum absolute atomic E-state index is 15.3. The molecule has 198 valence electrons. The van der Waals surface area contributed by atoms with Gasteiger partial charge in [0, 0.05) is 12.1 Å². The summed E-state index contributed by atoms with van der Waals surface area (Å²) in [7, 11) is 4.17. The monoisotopic (exact) mass is 564 g/mol. The number of hydrogen-bond acceptors (Lipinski definition) is 6. The Morgan fingerprint density at radius 1 is 1.22 bits per heavy atom. The number of alkyl halides is 1. The summed E-state index contributed by atoms with van der Waals surface area (Å²) >= 11 is 6.28. The smallest absolute Gasteiger partial charge is 0.259 e. The second-order valence-corrected chi connectivity index (χ2v) is 9.88. The first kappa shape index (κ1) is 30.3. The van der Waals surface area contributed by atoms with Crippen molar-refractivity contribution in [1.29, 1.82) is 0 Å². The molecule has 4 rings (SSSR count). The minimum absolute atomic E-state index is 0.0561. The Balaban J connectivity index is 0.00000115. The maximum Gasteiger partial charge on any atom is 0.259 e. The molecule has 3 atom stereocenters. The van der Waals surface area contributed by atoms with Gasteiger partial charge in [-0.05, 0) is 18.3 Å². The number of pyridine rings is 1. The molecule has 1 amide bonds. The third-order valence-corrected chi connectivity index (χ3v) is 5.70. The predicted octanol–water partition coefficient (Wildman–Crippen LogP) is 6.06. The first-order chi connectivity index (χ1) is 17.7. The number of halogens is 2. The van der Waals surface area contributed by atoms with Gasteiger partial charge >= 0.3 is 0 Å². The molecule has 4 heterocycles. The van der Waals surface area contributed by atoms with Crippen LogP contribution in [0.15, 0.2) is 68.1 Å². The van der Waals surface area contributed by atoms with E-state index in [1.54, 1.807) is 11.1 Å². The van der Waals surface area contributed by atoms with Crippen molar-refractivity contribution in [2.75, 3.05) is 5.32 Å². The van der Waals surface area contributed by atoms with Gasteiger partial charge in [0.2, 0.25) is 0 Å². The normalized spacial score (nSPS) is 14.8. The molecule has 0 saturated carbocycles. The average molecular weight is 565 g/mol. The van der Waals surface area contributed by atoms with Gasteiger partial charge in [0.15, 0.2) is 11.0 Å². The van der Waals surface area contributed by atoms with Gasteiger partial charge in [0.05, 0.1) is 46.8 Å². The quantitative estimate of drug-likeness (QED) is 0.366. The Kier molecular flexibility index (Phi) is 11.1. The topological polar surface area (TPSA) is 93.8 Å². The molecule has 0 aromatic carbocycles. The number of rotatable bonds is 6. The van der Waals surface area contributed by atoms with Crippen molar-refractivity contribution in [2.45, 2.75) is 45.4 Å². The molecular weight excluding hydrogens is 533 g/mol. The zero-order chi connectivity index (χ0) is 27.8. The van der Waals surface area contributed by atoms with Gasteiger partial charge in [-0.1, -0.05) is 77.0 Å². The van der Waals surface area contributed by atoms with E-state index >= 15 is 4.39 Å². The average Bonchev–Trinajstić information content (AvgIpc) is 3.57. The van der Waals surface area contributed by atoms with Crippen LogP contribution < -0.4 is 5.32 Å². The molecule has 0 fully saturated rings. The van der Waals surface area contributed by atoms with Crippen LogP contribution in [0.1, 0.15) is 56.3 Å². The summed E-state index contributed by atoms with van der Waals surface area (Å²) in [5.74, 6) is -0.262. The van der Waals surface area contributed by atoms with Crippen molar-refractivity contribution < 1.29 is 9.18 Å². The summed E-state index contributed by atoms with van der Waals surface area (Å²) in [6.45, 7) is 15.8. The fourth-order valence-corrected chi connectivity index (χ4v) is 4.30. The first-order valence-electron chi connectivity index (χ1n) is 11.6. The van der Waals surface area contributed by atoms with Crippen molar-refractivity contribution in [1.82, 2.24) is 34.7 Å². The number of carbonyl (C=O) groups is 1. The molecule has 0 bridgehead atoms. The highest BCUT2D eigenvalue weighted by Gasteiger charge is 2.35. The number of amides is 1. The van der Waals surface area contributed by atoms with E-state index in [1.807, 2.05) is 39.8 Å². The van der Waals surface area contributed by atoms with Crippen LogP contribution in [0.2, 0.25) is 5.02 Å². The van der Waals surface area contributed by atoms with Gasteiger partial charge in [-0.3, -0.25) is 4.79 Å². The molecule has 0 radical (unpaired) electrons. The Bertz CT molecular complexity index is 1250. The largest absolute Gasteiger partial charge is 0.326 e. The molecule has 3 aromatic heterocycles. The fraction of sp³-hybridized carbons (Fsp3) is 0.292. The molecule has 37 heavy (non-hydrogen) atoms. The Morgan fingerprint density at radius 3 is 2.43 bits per heavy atom. The summed E-state index contributed by atoms with van der Waals surface area (Å²) in [5, 5.41) is 13.2. The zero-order valence-electron chi connectivity index (χ0n) is 21.3. The Hall–Kier alpha value is -2.93. The van der Waals surface area contributed by atoms with Gasteiger partial charge in [-0.15, -0.1) is 4.80 Å². The SMILES string of the molecule is C=CN1C(=C)C=CCC1n1ncc(C(=O)Nc2cnc(-n3nccn3)c(Cl)c2)c1C(F)(P)P.CC.CC. The second-order valence-electron chi connectivity index (χ2n) is 7.12. The van der Waals surface area contributed by atoms with Crippen molar-refractivity contribution >= 4 is 41.7 Å². The van der Waals surface area contributed by atoms with Crippen molar-refractivity contribution in [3.05, 3.63) is 84.3 Å². The van der Waals surface area contributed by atoms with E-state index < -0.39 is 17.2 Å². The van der Waals surface area contributed by atoms with Crippen LogP contribution in [0.3, 0.4) is 0 Å². The molecule has 1 aliphatic rings. The number of hydrogen-bond donors (Lipinski definition) is 1. The molecule has 9 nitrogen and oxygen atoms in total. The van der Waals surface area contributed by atoms with Crippen molar-refractivity contribution in [3.8, 4) is 5.82 Å². The lowest BCUT2D eigenvalue weighted by Gasteiger charge is -2.35. The van der Waals surface area contributed by atoms with Crippen LogP contribution in [-0.4, -0.2) is 40.6 Å². The van der Waals surface area contributed by atoms with Crippen molar-refractivity contribution in [3.63, 3.8) is 0 Å². The van der Waals surface area contributed by atoms with Gasteiger partial charge < -0.3 is 10.2 Å². The number of nitrogens with one attached hydrogen (secondary N) is 1. The van der Waals surface area contributed by atoms with Gasteiger partial charge in [-0.25, -0.2) is 14.1 Å². The first-order valence-corrected chi connectivity index (χ1v) is 13.2. The van der Waals surface area contributed by atoms with Crippen LogP contribution in [0.4, 0.5) is 10.1 Å². The van der Waals surface area contributed by atoms with Gasteiger partial charge in [0.25, 0.3) is 5.91 Å². The third-order valence-electron chi connectivity index (χ3n) is 4.88. The molecule has 3 aromatic rings. The summed E-state index contributed by atoms with van der Waals surface area (Å²) in [6, 6.07) is 1.51. The molecule has 13 heteroatoms. The molecular formula is C24H32ClFN8OP2. The van der Waals surface area contributed by atoms with Gasteiger partial charge in [-0.2, -0.15) is 15.3 Å². The fourth-order valence-electron chi connectivity index (χ4n) is 3.48.